The van der Waals surface area contributed by atoms with E-state index in [1.54, 1.807) is 14.2 Å². The van der Waals surface area contributed by atoms with E-state index >= 15 is 0 Å². The van der Waals surface area contributed by atoms with Crippen LogP contribution in [0.3, 0.4) is 0 Å². The van der Waals surface area contributed by atoms with Crippen LogP contribution in [0.15, 0.2) is 0 Å². The lowest BCUT2D eigenvalue weighted by Crippen LogP contribution is -2.46. The van der Waals surface area contributed by atoms with E-state index in [1.807, 2.05) is 6.92 Å². The Hall–Kier alpha value is -0.170. The maximum atomic E-state index is 11.6. The van der Waals surface area contributed by atoms with Crippen molar-refractivity contribution < 1.29 is 17.9 Å². The minimum Gasteiger partial charge on any atom is -0.382 e. The number of ether oxygens (including phenoxy) is 2. The largest absolute Gasteiger partial charge is 0.382 e. The van der Waals surface area contributed by atoms with Crippen LogP contribution in [0.1, 0.15) is 19.8 Å². The molecule has 0 aliphatic heterocycles. The molecule has 0 amide bonds. The van der Waals surface area contributed by atoms with Gasteiger partial charge in [0, 0.05) is 20.8 Å². The quantitative estimate of drug-likeness (QED) is 0.683. The molecule has 1 saturated carbocycles. The van der Waals surface area contributed by atoms with E-state index in [9.17, 15) is 8.42 Å². The SMILES string of the molecule is COCC(C)(CNS(=O)(=O)C1CC1)OC. The maximum absolute atomic E-state index is 11.6. The third-order valence-corrected chi connectivity index (χ3v) is 4.45. The van der Waals surface area contributed by atoms with Gasteiger partial charge in [0.25, 0.3) is 0 Å². The van der Waals surface area contributed by atoms with Crippen LogP contribution in [0.25, 0.3) is 0 Å². The molecule has 1 fully saturated rings. The molecule has 0 aromatic heterocycles. The molecule has 0 heterocycles. The Morgan fingerprint density at radius 1 is 1.40 bits per heavy atom. The normalized spacial score (nSPS) is 21.3. The van der Waals surface area contributed by atoms with Crippen molar-refractivity contribution in [2.24, 2.45) is 0 Å². The fourth-order valence-electron chi connectivity index (χ4n) is 1.24. The Kier molecular flexibility index (Phi) is 4.11. The van der Waals surface area contributed by atoms with Gasteiger partial charge in [-0.15, -0.1) is 0 Å². The summed E-state index contributed by atoms with van der Waals surface area (Å²) in [6, 6.07) is 0. The first-order valence-electron chi connectivity index (χ1n) is 4.96. The van der Waals surface area contributed by atoms with Crippen LogP contribution in [-0.4, -0.2) is 46.6 Å². The molecule has 1 rings (SSSR count). The molecule has 1 aliphatic carbocycles. The monoisotopic (exact) mass is 237 g/mol. The molecule has 0 saturated heterocycles. The summed E-state index contributed by atoms with van der Waals surface area (Å²) in [6.07, 6.45) is 1.53. The molecule has 5 nitrogen and oxygen atoms in total. The third-order valence-electron chi connectivity index (χ3n) is 2.55. The van der Waals surface area contributed by atoms with Crippen molar-refractivity contribution in [1.82, 2.24) is 4.72 Å². The minimum atomic E-state index is -3.13. The molecular weight excluding hydrogens is 218 g/mol. The lowest BCUT2D eigenvalue weighted by Gasteiger charge is -2.27. The highest BCUT2D eigenvalue weighted by atomic mass is 32.2. The van der Waals surface area contributed by atoms with Crippen LogP contribution in [-0.2, 0) is 19.5 Å². The van der Waals surface area contributed by atoms with Gasteiger partial charge in [-0.3, -0.25) is 0 Å². The molecule has 15 heavy (non-hydrogen) atoms. The number of sulfonamides is 1. The van der Waals surface area contributed by atoms with Gasteiger partial charge in [0.1, 0.15) is 5.60 Å². The Balaban J connectivity index is 2.46. The predicted octanol–water partition coefficient (Wildman–Crippen LogP) is 0.120. The highest BCUT2D eigenvalue weighted by Gasteiger charge is 2.37. The van der Waals surface area contributed by atoms with E-state index in [4.69, 9.17) is 9.47 Å². The minimum absolute atomic E-state index is 0.193. The summed E-state index contributed by atoms with van der Waals surface area (Å²) in [5.74, 6) is 0. The van der Waals surface area contributed by atoms with Gasteiger partial charge < -0.3 is 9.47 Å². The van der Waals surface area contributed by atoms with Crippen molar-refractivity contribution in [2.75, 3.05) is 27.4 Å². The first-order chi connectivity index (χ1) is 6.93. The molecular formula is C9H19NO4S. The van der Waals surface area contributed by atoms with Gasteiger partial charge in [0.2, 0.25) is 10.0 Å². The second-order valence-electron chi connectivity index (χ2n) is 4.15. The molecule has 1 atom stereocenters. The van der Waals surface area contributed by atoms with Gasteiger partial charge in [0.15, 0.2) is 0 Å². The summed E-state index contributed by atoms with van der Waals surface area (Å²) in [4.78, 5) is 0. The standard InChI is InChI=1S/C9H19NO4S/c1-9(14-3,7-13-2)6-10-15(11,12)8-4-5-8/h8,10H,4-7H2,1-3H3. The van der Waals surface area contributed by atoms with E-state index in [0.29, 0.717) is 6.61 Å². The number of hydrogen-bond donors (Lipinski definition) is 1. The smallest absolute Gasteiger partial charge is 0.214 e. The Labute approximate surface area is 91.2 Å². The van der Waals surface area contributed by atoms with Crippen LogP contribution < -0.4 is 4.72 Å². The summed E-state index contributed by atoms with van der Waals surface area (Å²) in [7, 11) is -0.0260. The first kappa shape index (κ1) is 12.9. The third kappa shape index (κ3) is 3.71. The molecule has 0 bridgehead atoms. The number of rotatable bonds is 7. The Morgan fingerprint density at radius 3 is 2.40 bits per heavy atom. The maximum Gasteiger partial charge on any atom is 0.214 e. The van der Waals surface area contributed by atoms with Crippen molar-refractivity contribution in [1.29, 1.82) is 0 Å². The zero-order valence-corrected chi connectivity index (χ0v) is 10.3. The highest BCUT2D eigenvalue weighted by molar-refractivity contribution is 7.90. The predicted molar refractivity (Wildman–Crippen MR) is 57.2 cm³/mol. The van der Waals surface area contributed by atoms with E-state index in [0.717, 1.165) is 12.8 Å². The molecule has 6 heteroatoms. The molecule has 90 valence electrons. The number of methoxy groups -OCH3 is 2. The highest BCUT2D eigenvalue weighted by Crippen LogP contribution is 2.27. The topological polar surface area (TPSA) is 64.6 Å². The van der Waals surface area contributed by atoms with Crippen molar-refractivity contribution in [3.8, 4) is 0 Å². The van der Waals surface area contributed by atoms with Crippen LogP contribution in [0.4, 0.5) is 0 Å². The second-order valence-corrected chi connectivity index (χ2v) is 6.20. The van der Waals surface area contributed by atoms with Crippen molar-refractivity contribution in [3.05, 3.63) is 0 Å². The van der Waals surface area contributed by atoms with E-state index in [2.05, 4.69) is 4.72 Å². The van der Waals surface area contributed by atoms with Gasteiger partial charge >= 0.3 is 0 Å². The summed E-state index contributed by atoms with van der Waals surface area (Å²) in [5, 5.41) is -0.193. The van der Waals surface area contributed by atoms with Crippen molar-refractivity contribution in [3.63, 3.8) is 0 Å². The van der Waals surface area contributed by atoms with Crippen LogP contribution in [0.5, 0.6) is 0 Å². The number of hydrogen-bond acceptors (Lipinski definition) is 4. The van der Waals surface area contributed by atoms with Gasteiger partial charge in [0.05, 0.1) is 11.9 Å². The molecule has 1 aliphatic rings. The molecule has 1 N–H and O–H groups in total. The van der Waals surface area contributed by atoms with Crippen LogP contribution in [0, 0.1) is 0 Å². The summed E-state index contributed by atoms with van der Waals surface area (Å²) in [5.41, 5.74) is -0.600. The number of nitrogens with one attached hydrogen (secondary N) is 1. The average Bonchev–Trinajstić information content (AvgIpc) is 2.99. The zero-order chi connectivity index (χ0) is 11.5. The summed E-state index contributed by atoms with van der Waals surface area (Å²) >= 11 is 0. The van der Waals surface area contributed by atoms with E-state index in [-0.39, 0.29) is 11.8 Å². The second kappa shape index (κ2) is 4.78. The fraction of sp³-hybridized carbons (Fsp3) is 1.00. The Morgan fingerprint density at radius 2 is 2.00 bits per heavy atom. The Bertz CT molecular complexity index is 299. The van der Waals surface area contributed by atoms with Gasteiger partial charge in [-0.25, -0.2) is 13.1 Å². The molecule has 1 unspecified atom stereocenters. The molecule has 0 aromatic carbocycles. The molecule has 0 radical (unpaired) electrons. The van der Waals surface area contributed by atoms with Gasteiger partial charge in [-0.1, -0.05) is 0 Å². The van der Waals surface area contributed by atoms with E-state index < -0.39 is 15.6 Å². The lowest BCUT2D eigenvalue weighted by atomic mass is 10.1. The molecule has 0 spiro atoms. The lowest BCUT2D eigenvalue weighted by molar-refractivity contribution is -0.0460. The first-order valence-corrected chi connectivity index (χ1v) is 6.51. The van der Waals surface area contributed by atoms with Crippen LogP contribution >= 0.6 is 0 Å². The fourth-order valence-corrected chi connectivity index (χ4v) is 2.74. The average molecular weight is 237 g/mol. The van der Waals surface area contributed by atoms with Gasteiger partial charge in [-0.05, 0) is 19.8 Å². The van der Waals surface area contributed by atoms with Crippen molar-refractivity contribution in [2.45, 2.75) is 30.6 Å². The van der Waals surface area contributed by atoms with Crippen molar-refractivity contribution >= 4 is 10.0 Å². The zero-order valence-electron chi connectivity index (χ0n) is 9.45. The van der Waals surface area contributed by atoms with Gasteiger partial charge in [-0.2, -0.15) is 0 Å². The summed E-state index contributed by atoms with van der Waals surface area (Å²) < 4.78 is 35.9. The molecule has 0 aromatic rings. The summed E-state index contributed by atoms with van der Waals surface area (Å²) in [6.45, 7) is 2.42. The van der Waals surface area contributed by atoms with Crippen LogP contribution in [0.2, 0.25) is 0 Å². The van der Waals surface area contributed by atoms with E-state index in [1.165, 1.54) is 0 Å².